The zero-order valence-electron chi connectivity index (χ0n) is 11.2. The van der Waals surface area contributed by atoms with Gasteiger partial charge in [0.2, 0.25) is 0 Å². The van der Waals surface area contributed by atoms with E-state index in [4.69, 9.17) is 0 Å². The van der Waals surface area contributed by atoms with Crippen LogP contribution >= 0.6 is 0 Å². The number of allylic oxidation sites excluding steroid dienone is 2. The third-order valence-corrected chi connectivity index (χ3v) is 4.08. The monoisotopic (exact) mass is 287 g/mol. The zero-order chi connectivity index (χ0) is 14.6. The summed E-state index contributed by atoms with van der Waals surface area (Å²) in [6.07, 6.45) is 2.70. The Balaban J connectivity index is 2.66. The highest BCUT2D eigenvalue weighted by Gasteiger charge is 2.18. The largest absolute Gasteiger partial charge is 0.349 e. The zero-order valence-corrected chi connectivity index (χ0v) is 12.0. The van der Waals surface area contributed by atoms with Crippen LogP contribution in [-0.4, -0.2) is 37.7 Å². The van der Waals surface area contributed by atoms with Gasteiger partial charge in [0.05, 0.1) is 16.7 Å². The van der Waals surface area contributed by atoms with Gasteiger partial charge in [0, 0.05) is 0 Å². The van der Waals surface area contributed by atoms with Gasteiger partial charge >= 0.3 is 6.03 Å². The third kappa shape index (κ3) is 4.05. The van der Waals surface area contributed by atoms with E-state index in [0.29, 0.717) is 5.71 Å². The summed E-state index contributed by atoms with van der Waals surface area (Å²) in [5, 5.41) is 5.08. The summed E-state index contributed by atoms with van der Waals surface area (Å²) in [4.78, 5) is 15.7. The molecule has 1 aliphatic heterocycles. The van der Waals surface area contributed by atoms with Crippen LogP contribution in [0.15, 0.2) is 21.1 Å². The first-order valence-electron chi connectivity index (χ1n) is 5.60. The number of hydrazone groups is 1. The molecule has 19 heavy (non-hydrogen) atoms. The van der Waals surface area contributed by atoms with Crippen molar-refractivity contribution in [2.75, 3.05) is 0 Å². The Morgan fingerprint density at radius 3 is 2.68 bits per heavy atom. The summed E-state index contributed by atoms with van der Waals surface area (Å²) < 4.78 is 25.1. The van der Waals surface area contributed by atoms with Crippen molar-refractivity contribution in [2.24, 2.45) is 10.1 Å². The molecule has 0 bridgehead atoms. The summed E-state index contributed by atoms with van der Waals surface area (Å²) >= 11 is 0. The minimum atomic E-state index is -3.81. The van der Waals surface area contributed by atoms with E-state index >= 15 is 0 Å². The number of hydrogen-bond donors (Lipinski definition) is 2. The topological polar surface area (TPSA) is 103 Å². The molecule has 0 saturated carbocycles. The standard InChI is InChI=1S/C10H17N5O3S/c1-5-7(2)19(17,18)14-10(16)13-15-6-11-8(3)9(4)12-15/h5-6,8H,1-4H3,(H2,13,14,16). The molecule has 0 aromatic carbocycles. The molecule has 2 N–H and O–H groups in total. The van der Waals surface area contributed by atoms with Crippen LogP contribution in [0.25, 0.3) is 0 Å². The van der Waals surface area contributed by atoms with Gasteiger partial charge < -0.3 is 0 Å². The smallest absolute Gasteiger partial charge is 0.263 e. The van der Waals surface area contributed by atoms with Gasteiger partial charge in [-0.25, -0.2) is 23.4 Å². The number of nitrogens with one attached hydrogen (secondary N) is 2. The molecule has 0 aromatic heterocycles. The van der Waals surface area contributed by atoms with Gasteiger partial charge in [-0.05, 0) is 27.7 Å². The van der Waals surface area contributed by atoms with Gasteiger partial charge in [-0.15, -0.1) is 0 Å². The van der Waals surface area contributed by atoms with Crippen molar-refractivity contribution in [3.8, 4) is 0 Å². The average molecular weight is 287 g/mol. The van der Waals surface area contributed by atoms with E-state index in [1.165, 1.54) is 19.3 Å². The van der Waals surface area contributed by atoms with Crippen molar-refractivity contribution >= 4 is 28.1 Å². The normalized spacial score (nSPS) is 20.0. The Labute approximate surface area is 112 Å². The maximum Gasteiger partial charge on any atom is 0.349 e. The van der Waals surface area contributed by atoms with E-state index in [9.17, 15) is 13.2 Å². The van der Waals surface area contributed by atoms with E-state index in [-0.39, 0.29) is 10.9 Å². The highest BCUT2D eigenvalue weighted by atomic mass is 32.2. The minimum absolute atomic E-state index is 0.0586. The van der Waals surface area contributed by atoms with Crippen LogP contribution in [0.2, 0.25) is 0 Å². The molecule has 1 aliphatic rings. The maximum atomic E-state index is 11.6. The van der Waals surface area contributed by atoms with Crippen molar-refractivity contribution in [3.63, 3.8) is 0 Å². The molecule has 106 valence electrons. The summed E-state index contributed by atoms with van der Waals surface area (Å²) in [7, 11) is -3.81. The lowest BCUT2D eigenvalue weighted by Gasteiger charge is -2.21. The molecular weight excluding hydrogens is 270 g/mol. The Morgan fingerprint density at radius 1 is 1.53 bits per heavy atom. The number of sulfonamides is 1. The lowest BCUT2D eigenvalue weighted by molar-refractivity contribution is 0.224. The molecule has 9 heteroatoms. The van der Waals surface area contributed by atoms with Crippen LogP contribution in [-0.2, 0) is 10.0 Å². The van der Waals surface area contributed by atoms with E-state index in [2.05, 4.69) is 15.5 Å². The Bertz CT molecular complexity index is 550. The van der Waals surface area contributed by atoms with E-state index < -0.39 is 16.1 Å². The lowest BCUT2D eigenvalue weighted by Crippen LogP contribution is -2.47. The van der Waals surface area contributed by atoms with Gasteiger partial charge in [-0.1, -0.05) is 6.08 Å². The summed E-state index contributed by atoms with van der Waals surface area (Å²) in [6.45, 7) is 6.57. The Morgan fingerprint density at radius 2 is 2.16 bits per heavy atom. The predicted molar refractivity (Wildman–Crippen MR) is 72.9 cm³/mol. The summed E-state index contributed by atoms with van der Waals surface area (Å²) in [6, 6.07) is -0.964. The molecule has 1 unspecified atom stereocenters. The second kappa shape index (κ2) is 5.83. The third-order valence-electron chi connectivity index (χ3n) is 2.54. The van der Waals surface area contributed by atoms with Gasteiger partial charge in [0.25, 0.3) is 10.0 Å². The van der Waals surface area contributed by atoms with E-state index in [1.807, 2.05) is 11.6 Å². The van der Waals surface area contributed by atoms with Crippen molar-refractivity contribution in [2.45, 2.75) is 33.7 Å². The molecule has 0 aliphatic carbocycles. The number of nitrogens with zero attached hydrogens (tertiary/aromatic N) is 3. The van der Waals surface area contributed by atoms with Gasteiger partial charge in [-0.3, -0.25) is 4.99 Å². The van der Waals surface area contributed by atoms with Crippen LogP contribution in [0.1, 0.15) is 27.7 Å². The number of amides is 2. The van der Waals surface area contributed by atoms with Gasteiger partial charge in [-0.2, -0.15) is 10.2 Å². The lowest BCUT2D eigenvalue weighted by atomic mass is 10.2. The fourth-order valence-electron chi connectivity index (χ4n) is 1.09. The number of carbonyl (C=O) groups excluding carboxylic acids is 1. The summed E-state index contributed by atoms with van der Waals surface area (Å²) in [5.74, 6) is 0. The molecule has 0 spiro atoms. The molecule has 1 heterocycles. The van der Waals surface area contributed by atoms with Gasteiger partial charge in [0.15, 0.2) is 0 Å². The molecule has 1 atom stereocenters. The molecule has 1 rings (SSSR count). The quantitative estimate of drug-likeness (QED) is 0.791. The second-order valence-electron chi connectivity index (χ2n) is 3.97. The first-order valence-corrected chi connectivity index (χ1v) is 7.08. The van der Waals surface area contributed by atoms with Crippen LogP contribution in [0.3, 0.4) is 0 Å². The van der Waals surface area contributed by atoms with E-state index in [1.54, 1.807) is 13.8 Å². The highest BCUT2D eigenvalue weighted by Crippen LogP contribution is 2.03. The Kier molecular flexibility index (Phi) is 4.65. The summed E-state index contributed by atoms with van der Waals surface area (Å²) in [5.41, 5.74) is 2.95. The fourth-order valence-corrected chi connectivity index (χ4v) is 1.85. The molecule has 0 saturated heterocycles. The minimum Gasteiger partial charge on any atom is -0.263 e. The van der Waals surface area contributed by atoms with Crippen LogP contribution < -0.4 is 10.1 Å². The SMILES string of the molecule is CC=C(C)S(=O)(=O)NC(=O)NN1C=NC(C)C(C)=N1. The molecular formula is C10H17N5O3S. The van der Waals surface area contributed by atoms with E-state index in [0.717, 1.165) is 5.12 Å². The average Bonchev–Trinajstić information content (AvgIpc) is 2.32. The molecule has 2 amide bonds. The van der Waals surface area contributed by atoms with Crippen molar-refractivity contribution in [1.29, 1.82) is 0 Å². The first-order chi connectivity index (χ1) is 8.76. The number of carbonyl (C=O) groups is 1. The fraction of sp³-hybridized carbons (Fsp3) is 0.500. The number of aliphatic imine (C=N–C) groups is 1. The Hall–Kier alpha value is -1.90. The molecule has 0 fully saturated rings. The van der Waals surface area contributed by atoms with Crippen LogP contribution in [0, 0.1) is 0 Å². The molecule has 8 nitrogen and oxygen atoms in total. The molecule has 0 radical (unpaired) electrons. The van der Waals surface area contributed by atoms with Crippen molar-refractivity contribution < 1.29 is 13.2 Å². The predicted octanol–water partition coefficient (Wildman–Crippen LogP) is 0.562. The number of urea groups is 1. The highest BCUT2D eigenvalue weighted by molar-refractivity contribution is 7.93. The van der Waals surface area contributed by atoms with Crippen molar-refractivity contribution in [1.82, 2.24) is 15.3 Å². The molecule has 0 aromatic rings. The number of hydrazine groups is 1. The van der Waals surface area contributed by atoms with Crippen LogP contribution in [0.4, 0.5) is 4.79 Å². The first kappa shape index (κ1) is 15.2. The number of hydrogen-bond acceptors (Lipinski definition) is 6. The maximum absolute atomic E-state index is 11.6. The van der Waals surface area contributed by atoms with Gasteiger partial charge in [0.1, 0.15) is 6.34 Å². The van der Waals surface area contributed by atoms with Crippen molar-refractivity contribution in [3.05, 3.63) is 11.0 Å². The second-order valence-corrected chi connectivity index (χ2v) is 5.83. The van der Waals surface area contributed by atoms with Crippen LogP contribution in [0.5, 0.6) is 0 Å². The number of rotatable bonds is 3.